The number of aliphatic imine (C=N–C) groups is 1. The Balaban J connectivity index is 1.54. The van der Waals surface area contributed by atoms with Crippen molar-refractivity contribution in [3.8, 4) is 0 Å². The average molecular weight is 448 g/mol. The maximum atomic E-state index is 12.9. The van der Waals surface area contributed by atoms with Gasteiger partial charge in [0.1, 0.15) is 0 Å². The zero-order chi connectivity index (χ0) is 21.2. The lowest BCUT2D eigenvalue weighted by Gasteiger charge is -2.26. The lowest BCUT2D eigenvalue weighted by atomic mass is 10.0. The zero-order valence-corrected chi connectivity index (χ0v) is 18.5. The first-order chi connectivity index (χ1) is 15.2. The van der Waals surface area contributed by atoms with Crippen molar-refractivity contribution in [3.63, 3.8) is 0 Å². The minimum Gasteiger partial charge on any atom is -0.285 e. The van der Waals surface area contributed by atoms with Crippen LogP contribution in [0.3, 0.4) is 0 Å². The molecule has 5 rings (SSSR count). The molecule has 4 nitrogen and oxygen atoms in total. The molecular weight excluding hydrogens is 426 g/mol. The van der Waals surface area contributed by atoms with Crippen molar-refractivity contribution in [2.24, 2.45) is 4.99 Å². The van der Waals surface area contributed by atoms with Gasteiger partial charge in [-0.2, -0.15) is 0 Å². The van der Waals surface area contributed by atoms with E-state index in [1.165, 1.54) is 6.42 Å². The standard InChI is InChI=1S/C25H22ClN3OS/c26-19-11-8-17(9-12-19)24-20-6-2-3-7-22(20)31-23-13-10-18(16-21(23)27-24)25(30)28-29-14-4-1-5-15-29/h2-3,6-13,16H,1,4-5,14-15H2,(H,28,30). The van der Waals surface area contributed by atoms with Gasteiger partial charge in [0.25, 0.3) is 5.91 Å². The number of carbonyl (C=O) groups is 1. The van der Waals surface area contributed by atoms with Crippen molar-refractivity contribution in [3.05, 3.63) is 88.4 Å². The molecular formula is C25H22ClN3OS. The number of fused-ring (bicyclic) bond motifs is 2. The van der Waals surface area contributed by atoms with E-state index in [2.05, 4.69) is 17.6 Å². The van der Waals surface area contributed by atoms with Gasteiger partial charge in [-0.1, -0.05) is 60.1 Å². The molecule has 3 aromatic rings. The second kappa shape index (κ2) is 8.87. The van der Waals surface area contributed by atoms with Crippen LogP contribution in [0.1, 0.15) is 40.7 Å². The number of nitrogens with one attached hydrogen (secondary N) is 1. The van der Waals surface area contributed by atoms with E-state index < -0.39 is 0 Å². The van der Waals surface area contributed by atoms with Gasteiger partial charge in [-0.05, 0) is 49.2 Å². The third-order valence-electron chi connectivity index (χ3n) is 5.55. The molecule has 3 aromatic carbocycles. The van der Waals surface area contributed by atoms with Crippen molar-refractivity contribution < 1.29 is 4.79 Å². The maximum Gasteiger partial charge on any atom is 0.265 e. The van der Waals surface area contributed by atoms with Crippen molar-refractivity contribution >= 4 is 40.7 Å². The lowest BCUT2D eigenvalue weighted by Crippen LogP contribution is -2.45. The molecule has 0 bridgehead atoms. The Labute approximate surface area is 191 Å². The summed E-state index contributed by atoms with van der Waals surface area (Å²) in [7, 11) is 0. The van der Waals surface area contributed by atoms with E-state index in [9.17, 15) is 4.79 Å². The van der Waals surface area contributed by atoms with E-state index in [1.54, 1.807) is 11.8 Å². The number of nitrogens with zero attached hydrogens (tertiary/aromatic N) is 2. The maximum absolute atomic E-state index is 12.9. The van der Waals surface area contributed by atoms with Gasteiger partial charge in [-0.3, -0.25) is 10.2 Å². The number of amides is 1. The normalized spacial score (nSPS) is 16.0. The molecule has 1 fully saturated rings. The molecule has 1 N–H and O–H groups in total. The molecule has 1 saturated heterocycles. The Hall–Kier alpha value is -2.60. The predicted octanol–water partition coefficient (Wildman–Crippen LogP) is 6.10. The van der Waals surface area contributed by atoms with E-state index in [0.29, 0.717) is 10.6 Å². The van der Waals surface area contributed by atoms with Crippen LogP contribution < -0.4 is 5.43 Å². The van der Waals surface area contributed by atoms with E-state index in [1.807, 2.05) is 59.6 Å². The first-order valence-corrected chi connectivity index (χ1v) is 11.7. The third-order valence-corrected chi connectivity index (χ3v) is 6.94. The van der Waals surface area contributed by atoms with Gasteiger partial charge >= 0.3 is 0 Å². The molecule has 2 heterocycles. The zero-order valence-electron chi connectivity index (χ0n) is 17.0. The van der Waals surface area contributed by atoms with E-state index in [-0.39, 0.29) is 5.91 Å². The lowest BCUT2D eigenvalue weighted by molar-refractivity contribution is 0.0750. The summed E-state index contributed by atoms with van der Waals surface area (Å²) in [6, 6.07) is 21.8. The smallest absolute Gasteiger partial charge is 0.265 e. The minimum absolute atomic E-state index is 0.0836. The quantitative estimate of drug-likeness (QED) is 0.412. The molecule has 31 heavy (non-hydrogen) atoms. The number of halogens is 1. The molecule has 0 aromatic heterocycles. The highest BCUT2D eigenvalue weighted by molar-refractivity contribution is 7.99. The van der Waals surface area contributed by atoms with Crippen molar-refractivity contribution in [2.75, 3.05) is 13.1 Å². The predicted molar refractivity (Wildman–Crippen MR) is 127 cm³/mol. The largest absolute Gasteiger partial charge is 0.285 e. The Morgan fingerprint density at radius 3 is 2.52 bits per heavy atom. The van der Waals surface area contributed by atoms with Gasteiger partial charge in [-0.15, -0.1) is 0 Å². The van der Waals surface area contributed by atoms with Crippen LogP contribution in [-0.4, -0.2) is 29.7 Å². The minimum atomic E-state index is -0.0836. The number of rotatable bonds is 3. The summed E-state index contributed by atoms with van der Waals surface area (Å²) in [6.07, 6.45) is 3.47. The number of piperidine rings is 1. The summed E-state index contributed by atoms with van der Waals surface area (Å²) in [4.78, 5) is 20.1. The Kier molecular flexibility index (Phi) is 5.81. The number of hydrogen-bond acceptors (Lipinski definition) is 4. The monoisotopic (exact) mass is 447 g/mol. The van der Waals surface area contributed by atoms with Crippen molar-refractivity contribution in [2.45, 2.75) is 29.1 Å². The van der Waals surface area contributed by atoms with Crippen molar-refractivity contribution in [1.29, 1.82) is 0 Å². The second-order valence-corrected chi connectivity index (χ2v) is 9.26. The van der Waals surface area contributed by atoms with Gasteiger partial charge in [0, 0.05) is 44.6 Å². The number of hydrogen-bond donors (Lipinski definition) is 1. The summed E-state index contributed by atoms with van der Waals surface area (Å²) in [5.74, 6) is -0.0836. The Morgan fingerprint density at radius 1 is 0.935 bits per heavy atom. The van der Waals surface area contributed by atoms with E-state index in [4.69, 9.17) is 16.6 Å². The first-order valence-electron chi connectivity index (χ1n) is 10.5. The molecule has 0 aliphatic carbocycles. The topological polar surface area (TPSA) is 44.7 Å². The number of hydrazine groups is 1. The van der Waals surface area contributed by atoms with Gasteiger partial charge in [0.05, 0.1) is 11.4 Å². The SMILES string of the molecule is O=C(NN1CCCCC1)c1ccc2c(c1)N=C(c1ccc(Cl)cc1)c1ccccc1S2. The summed E-state index contributed by atoms with van der Waals surface area (Å²) in [5, 5.41) is 2.71. The van der Waals surface area contributed by atoms with Gasteiger partial charge in [0.15, 0.2) is 0 Å². The Bertz CT molecular complexity index is 1150. The van der Waals surface area contributed by atoms with Gasteiger partial charge in [0.2, 0.25) is 0 Å². The fourth-order valence-corrected chi connectivity index (χ4v) is 5.05. The summed E-state index contributed by atoms with van der Waals surface area (Å²) in [6.45, 7) is 1.81. The molecule has 2 aliphatic rings. The van der Waals surface area contributed by atoms with Gasteiger partial charge in [-0.25, -0.2) is 10.0 Å². The molecule has 156 valence electrons. The van der Waals surface area contributed by atoms with Crippen LogP contribution >= 0.6 is 23.4 Å². The van der Waals surface area contributed by atoms with Crippen LogP contribution in [0.25, 0.3) is 0 Å². The van der Waals surface area contributed by atoms with Crippen molar-refractivity contribution in [1.82, 2.24) is 10.4 Å². The molecule has 0 saturated carbocycles. The highest BCUT2D eigenvalue weighted by Crippen LogP contribution is 2.41. The molecule has 0 radical (unpaired) electrons. The average Bonchev–Trinajstić information content (AvgIpc) is 2.96. The first kappa shape index (κ1) is 20.3. The molecule has 0 spiro atoms. The van der Waals surface area contributed by atoms with Crippen LogP contribution in [-0.2, 0) is 0 Å². The summed E-state index contributed by atoms with van der Waals surface area (Å²) in [5.41, 5.74) is 7.42. The fourth-order valence-electron chi connectivity index (χ4n) is 3.92. The second-order valence-electron chi connectivity index (χ2n) is 7.74. The highest BCUT2D eigenvalue weighted by Gasteiger charge is 2.21. The summed E-state index contributed by atoms with van der Waals surface area (Å²) < 4.78 is 0. The molecule has 0 unspecified atom stereocenters. The van der Waals surface area contributed by atoms with Crippen LogP contribution in [0.5, 0.6) is 0 Å². The number of benzene rings is 3. The van der Waals surface area contributed by atoms with E-state index in [0.717, 1.165) is 58.2 Å². The molecule has 1 amide bonds. The van der Waals surface area contributed by atoms with Gasteiger partial charge < -0.3 is 0 Å². The molecule has 6 heteroatoms. The van der Waals surface area contributed by atoms with Crippen LogP contribution in [0.2, 0.25) is 5.02 Å². The fraction of sp³-hybridized carbons (Fsp3) is 0.200. The van der Waals surface area contributed by atoms with Crippen LogP contribution in [0, 0.1) is 0 Å². The summed E-state index contributed by atoms with van der Waals surface area (Å²) >= 11 is 7.79. The van der Waals surface area contributed by atoms with E-state index >= 15 is 0 Å². The third kappa shape index (κ3) is 4.40. The van der Waals surface area contributed by atoms with Crippen LogP contribution in [0.15, 0.2) is 81.5 Å². The number of carbonyl (C=O) groups excluding carboxylic acids is 1. The Morgan fingerprint density at radius 2 is 1.71 bits per heavy atom. The molecule has 2 aliphatic heterocycles. The highest BCUT2D eigenvalue weighted by atomic mass is 35.5. The van der Waals surface area contributed by atoms with Crippen LogP contribution in [0.4, 0.5) is 5.69 Å². The molecule has 0 atom stereocenters.